The molecule has 0 aliphatic carbocycles. The van der Waals surface area contributed by atoms with Gasteiger partial charge in [0.15, 0.2) is 0 Å². The summed E-state index contributed by atoms with van der Waals surface area (Å²) in [6.07, 6.45) is 0. The maximum atomic E-state index is 11.5. The number of urea groups is 1. The van der Waals surface area contributed by atoms with Gasteiger partial charge in [-0.3, -0.25) is 19.8 Å². The molecule has 1 saturated heterocycles. The van der Waals surface area contributed by atoms with Gasteiger partial charge in [-0.1, -0.05) is 0 Å². The highest BCUT2D eigenvalue weighted by Gasteiger charge is 2.30. The van der Waals surface area contributed by atoms with Crippen molar-refractivity contribution >= 4 is 17.9 Å². The summed E-state index contributed by atoms with van der Waals surface area (Å²) in [5, 5.41) is 13.5. The van der Waals surface area contributed by atoms with Gasteiger partial charge in [-0.2, -0.15) is 0 Å². The number of carboxylic acid groups (broad SMARTS) is 1. The van der Waals surface area contributed by atoms with Gasteiger partial charge < -0.3 is 15.2 Å². The van der Waals surface area contributed by atoms with E-state index in [-0.39, 0.29) is 13.2 Å². The van der Waals surface area contributed by atoms with E-state index in [1.54, 1.807) is 6.92 Å². The van der Waals surface area contributed by atoms with Crippen molar-refractivity contribution in [3.63, 3.8) is 0 Å². The van der Waals surface area contributed by atoms with Gasteiger partial charge in [0.2, 0.25) is 5.91 Å². The van der Waals surface area contributed by atoms with E-state index in [0.29, 0.717) is 19.7 Å². The third-order valence-corrected chi connectivity index (χ3v) is 2.46. The van der Waals surface area contributed by atoms with E-state index in [0.717, 1.165) is 0 Å². The number of imide groups is 1. The number of carboxylic acids is 1. The highest BCUT2D eigenvalue weighted by molar-refractivity contribution is 5.95. The molecule has 8 nitrogen and oxygen atoms in total. The second-order valence-electron chi connectivity index (χ2n) is 3.81. The molecule has 0 saturated carbocycles. The quantitative estimate of drug-likeness (QED) is 0.574. The molecule has 1 unspecified atom stereocenters. The standard InChI is InChI=1S/C10H17N3O5/c1-2-11-10(17)12-8(14)5-13-3-4-18-6-7(13)9(15)16/h7H,2-6H2,1H3,(H,15,16)(H2,11,12,14,17). The Balaban J connectivity index is 2.46. The number of morpholine rings is 1. The molecule has 3 amide bonds. The molecule has 0 aromatic carbocycles. The maximum Gasteiger partial charge on any atom is 0.323 e. The molecule has 3 N–H and O–H groups in total. The Bertz CT molecular complexity index is 333. The fourth-order valence-corrected chi connectivity index (χ4v) is 1.61. The minimum absolute atomic E-state index is 0.0454. The molecule has 1 aliphatic heterocycles. The van der Waals surface area contributed by atoms with Crippen LogP contribution in [0.25, 0.3) is 0 Å². The number of nitrogens with one attached hydrogen (secondary N) is 2. The first-order valence-electron chi connectivity index (χ1n) is 5.67. The molecule has 0 bridgehead atoms. The van der Waals surface area contributed by atoms with Crippen LogP contribution < -0.4 is 10.6 Å². The van der Waals surface area contributed by atoms with Crippen LogP contribution >= 0.6 is 0 Å². The summed E-state index contributed by atoms with van der Waals surface area (Å²) < 4.78 is 5.04. The molecule has 1 fully saturated rings. The lowest BCUT2D eigenvalue weighted by Crippen LogP contribution is -2.54. The van der Waals surface area contributed by atoms with Crippen molar-refractivity contribution in [2.75, 3.05) is 32.8 Å². The lowest BCUT2D eigenvalue weighted by atomic mass is 10.2. The zero-order chi connectivity index (χ0) is 13.5. The molecule has 0 radical (unpaired) electrons. The molecule has 1 atom stereocenters. The number of hydrogen-bond acceptors (Lipinski definition) is 5. The second-order valence-corrected chi connectivity index (χ2v) is 3.81. The lowest BCUT2D eigenvalue weighted by molar-refractivity contribution is -0.150. The molecule has 8 heteroatoms. The smallest absolute Gasteiger partial charge is 0.323 e. The van der Waals surface area contributed by atoms with Gasteiger partial charge in [-0.25, -0.2) is 4.79 Å². The molecule has 102 valence electrons. The topological polar surface area (TPSA) is 108 Å². The van der Waals surface area contributed by atoms with E-state index in [2.05, 4.69) is 10.6 Å². The Morgan fingerprint density at radius 2 is 2.17 bits per heavy atom. The summed E-state index contributed by atoms with van der Waals surface area (Å²) in [5.41, 5.74) is 0. The Labute approximate surface area is 104 Å². The van der Waals surface area contributed by atoms with Crippen LogP contribution in [-0.4, -0.2) is 66.8 Å². The van der Waals surface area contributed by atoms with E-state index >= 15 is 0 Å². The third-order valence-electron chi connectivity index (χ3n) is 2.46. The Morgan fingerprint density at radius 3 is 2.78 bits per heavy atom. The van der Waals surface area contributed by atoms with Crippen molar-refractivity contribution in [1.29, 1.82) is 0 Å². The molecule has 0 aromatic heterocycles. The van der Waals surface area contributed by atoms with Gasteiger partial charge in [-0.15, -0.1) is 0 Å². The average Bonchev–Trinajstić information content (AvgIpc) is 2.29. The number of ether oxygens (including phenoxy) is 1. The number of carbonyl (C=O) groups is 3. The summed E-state index contributed by atoms with van der Waals surface area (Å²) >= 11 is 0. The zero-order valence-electron chi connectivity index (χ0n) is 10.1. The van der Waals surface area contributed by atoms with E-state index in [1.165, 1.54) is 4.90 Å². The molecular formula is C10H17N3O5. The fraction of sp³-hybridized carbons (Fsp3) is 0.700. The van der Waals surface area contributed by atoms with Crippen molar-refractivity contribution < 1.29 is 24.2 Å². The van der Waals surface area contributed by atoms with Crippen LogP contribution in [0.5, 0.6) is 0 Å². The average molecular weight is 259 g/mol. The number of rotatable bonds is 4. The number of aliphatic carboxylic acids is 1. The molecular weight excluding hydrogens is 242 g/mol. The normalized spacial score (nSPS) is 20.2. The van der Waals surface area contributed by atoms with Crippen LogP contribution in [-0.2, 0) is 14.3 Å². The minimum Gasteiger partial charge on any atom is -0.480 e. The molecule has 1 aliphatic rings. The predicted octanol–water partition coefficient (Wildman–Crippen LogP) is -1.38. The first kappa shape index (κ1) is 14.4. The summed E-state index contributed by atoms with van der Waals surface area (Å²) in [6, 6.07) is -1.43. The summed E-state index contributed by atoms with van der Waals surface area (Å²) in [7, 11) is 0. The summed E-state index contributed by atoms with van der Waals surface area (Å²) in [6.45, 7) is 2.76. The van der Waals surface area contributed by atoms with Crippen LogP contribution in [0.4, 0.5) is 4.79 Å². The summed E-state index contributed by atoms with van der Waals surface area (Å²) in [5.74, 6) is -1.57. The van der Waals surface area contributed by atoms with Gasteiger partial charge in [0.05, 0.1) is 19.8 Å². The van der Waals surface area contributed by atoms with Gasteiger partial charge >= 0.3 is 12.0 Å². The number of hydrogen-bond donors (Lipinski definition) is 3. The van der Waals surface area contributed by atoms with Crippen LogP contribution in [0.3, 0.4) is 0 Å². The summed E-state index contributed by atoms with van der Waals surface area (Å²) in [4.78, 5) is 35.0. The van der Waals surface area contributed by atoms with Crippen LogP contribution in [0.1, 0.15) is 6.92 Å². The highest BCUT2D eigenvalue weighted by Crippen LogP contribution is 2.06. The molecule has 18 heavy (non-hydrogen) atoms. The first-order chi connectivity index (χ1) is 8.54. The van der Waals surface area contributed by atoms with Crippen molar-refractivity contribution in [3.05, 3.63) is 0 Å². The lowest BCUT2D eigenvalue weighted by Gasteiger charge is -2.31. The van der Waals surface area contributed by atoms with E-state index in [1.807, 2.05) is 0 Å². The van der Waals surface area contributed by atoms with Crippen molar-refractivity contribution in [3.8, 4) is 0 Å². The molecule has 1 rings (SSSR count). The Hall–Kier alpha value is -1.67. The second kappa shape index (κ2) is 6.92. The largest absolute Gasteiger partial charge is 0.480 e. The minimum atomic E-state index is -1.04. The first-order valence-corrected chi connectivity index (χ1v) is 5.67. The van der Waals surface area contributed by atoms with Gasteiger partial charge in [0.1, 0.15) is 6.04 Å². The van der Waals surface area contributed by atoms with Crippen LogP contribution in [0, 0.1) is 0 Å². The number of amides is 3. The van der Waals surface area contributed by atoms with Crippen molar-refractivity contribution in [2.45, 2.75) is 13.0 Å². The van der Waals surface area contributed by atoms with Gasteiger partial charge in [-0.05, 0) is 6.92 Å². The van der Waals surface area contributed by atoms with Gasteiger partial charge in [0, 0.05) is 13.1 Å². The van der Waals surface area contributed by atoms with E-state index in [4.69, 9.17) is 9.84 Å². The molecule has 0 aromatic rings. The van der Waals surface area contributed by atoms with E-state index < -0.39 is 23.9 Å². The van der Waals surface area contributed by atoms with Crippen LogP contribution in [0.2, 0.25) is 0 Å². The predicted molar refractivity (Wildman–Crippen MR) is 61.0 cm³/mol. The monoisotopic (exact) mass is 259 g/mol. The number of carbonyl (C=O) groups excluding carboxylic acids is 2. The third kappa shape index (κ3) is 4.30. The number of nitrogens with zero attached hydrogens (tertiary/aromatic N) is 1. The van der Waals surface area contributed by atoms with Gasteiger partial charge in [0.25, 0.3) is 0 Å². The fourth-order valence-electron chi connectivity index (χ4n) is 1.61. The highest BCUT2D eigenvalue weighted by atomic mass is 16.5. The molecule has 1 heterocycles. The van der Waals surface area contributed by atoms with Crippen LogP contribution in [0.15, 0.2) is 0 Å². The zero-order valence-corrected chi connectivity index (χ0v) is 10.1. The Kier molecular flexibility index (Phi) is 5.53. The maximum absolute atomic E-state index is 11.5. The SMILES string of the molecule is CCNC(=O)NC(=O)CN1CCOCC1C(=O)O. The Morgan fingerprint density at radius 1 is 1.44 bits per heavy atom. The van der Waals surface area contributed by atoms with Crippen molar-refractivity contribution in [1.82, 2.24) is 15.5 Å². The van der Waals surface area contributed by atoms with Crippen molar-refractivity contribution in [2.24, 2.45) is 0 Å². The van der Waals surface area contributed by atoms with E-state index in [9.17, 15) is 14.4 Å². The molecule has 0 spiro atoms.